The average Bonchev–Trinajstić information content (AvgIpc) is 3.17. The largest absolute Gasteiger partial charge is 0.480 e. The minimum Gasteiger partial charge on any atom is -0.480 e. The molecule has 0 amide bonds. The van der Waals surface area contributed by atoms with E-state index in [-0.39, 0.29) is 0 Å². The third kappa shape index (κ3) is 3.82. The van der Waals surface area contributed by atoms with Crippen molar-refractivity contribution in [1.29, 1.82) is 0 Å². The Morgan fingerprint density at radius 1 is 1.10 bits per heavy atom. The van der Waals surface area contributed by atoms with E-state index in [4.69, 9.17) is 0 Å². The molecule has 7 heteroatoms. The molecule has 1 aromatic heterocycles. The van der Waals surface area contributed by atoms with Crippen LogP contribution < -0.4 is 0 Å². The molecule has 2 heterocycles. The van der Waals surface area contributed by atoms with Gasteiger partial charge < -0.3 is 5.11 Å². The molecule has 0 radical (unpaired) electrons. The Kier molecular flexibility index (Phi) is 5.00. The van der Waals surface area contributed by atoms with Gasteiger partial charge in [-0.1, -0.05) is 36.4 Å². The molecule has 1 fully saturated rings. The number of benzene rings is 2. The van der Waals surface area contributed by atoms with E-state index in [9.17, 15) is 23.1 Å². The van der Waals surface area contributed by atoms with E-state index < -0.39 is 29.8 Å². The molecule has 150 valence electrons. The van der Waals surface area contributed by atoms with E-state index in [2.05, 4.69) is 4.98 Å². The number of rotatable bonds is 4. The first-order valence-electron chi connectivity index (χ1n) is 9.36. The van der Waals surface area contributed by atoms with Crippen molar-refractivity contribution in [2.45, 2.75) is 31.1 Å². The zero-order valence-electron chi connectivity index (χ0n) is 15.4. The number of fused-ring (bicyclic) bond motifs is 1. The van der Waals surface area contributed by atoms with E-state index in [0.29, 0.717) is 36.2 Å². The van der Waals surface area contributed by atoms with Crippen LogP contribution in [0.15, 0.2) is 60.7 Å². The van der Waals surface area contributed by atoms with Crippen molar-refractivity contribution in [2.75, 3.05) is 6.54 Å². The number of carbonyl (C=O) groups is 1. The highest BCUT2D eigenvalue weighted by atomic mass is 19.4. The molecule has 4 rings (SSSR count). The van der Waals surface area contributed by atoms with E-state index in [1.807, 2.05) is 30.3 Å². The fourth-order valence-corrected chi connectivity index (χ4v) is 4.01. The van der Waals surface area contributed by atoms with Gasteiger partial charge in [0.2, 0.25) is 0 Å². The molecule has 1 aliphatic rings. The van der Waals surface area contributed by atoms with Crippen molar-refractivity contribution in [3.63, 3.8) is 0 Å². The van der Waals surface area contributed by atoms with Crippen LogP contribution >= 0.6 is 0 Å². The molecule has 3 aromatic rings. The fraction of sp³-hybridized carbons (Fsp3) is 0.273. The van der Waals surface area contributed by atoms with Gasteiger partial charge in [0.15, 0.2) is 0 Å². The first-order valence-corrected chi connectivity index (χ1v) is 9.36. The number of hydrogen-bond donors (Lipinski definition) is 1. The lowest BCUT2D eigenvalue weighted by Crippen LogP contribution is -2.39. The lowest BCUT2D eigenvalue weighted by Gasteiger charge is -2.31. The van der Waals surface area contributed by atoms with Crippen LogP contribution in [0.1, 0.15) is 35.7 Å². The summed E-state index contributed by atoms with van der Waals surface area (Å²) < 4.78 is 39.9. The van der Waals surface area contributed by atoms with Gasteiger partial charge in [-0.2, -0.15) is 13.2 Å². The fourth-order valence-electron chi connectivity index (χ4n) is 4.01. The van der Waals surface area contributed by atoms with Gasteiger partial charge in [0, 0.05) is 11.9 Å². The van der Waals surface area contributed by atoms with Crippen LogP contribution in [0.25, 0.3) is 10.9 Å². The second-order valence-electron chi connectivity index (χ2n) is 7.19. The van der Waals surface area contributed by atoms with Crippen molar-refractivity contribution < 1.29 is 23.1 Å². The number of aliphatic carboxylic acids is 1. The van der Waals surface area contributed by atoms with Crippen molar-refractivity contribution in [1.82, 2.24) is 9.88 Å². The molecular formula is C22H19F3N2O2. The molecule has 4 nitrogen and oxygen atoms in total. The molecule has 29 heavy (non-hydrogen) atoms. The highest BCUT2D eigenvalue weighted by Gasteiger charge is 2.38. The average molecular weight is 400 g/mol. The van der Waals surface area contributed by atoms with E-state index in [0.717, 1.165) is 17.5 Å². The molecule has 0 aliphatic carbocycles. The number of carboxylic acids is 1. The molecule has 0 saturated carbocycles. The standard InChI is InChI=1S/C22H19F3N2O2/c23-22(24,25)16-7-3-6-15(13-16)20(27-12-4-9-19(27)21(28)29)18-11-10-14-5-1-2-8-17(14)26-18/h1-3,5-8,10-11,13,19-20H,4,9,12H2,(H,28,29). The van der Waals surface area contributed by atoms with E-state index in [1.54, 1.807) is 17.0 Å². The van der Waals surface area contributed by atoms with Crippen LogP contribution in [0.5, 0.6) is 0 Å². The molecule has 0 spiro atoms. The summed E-state index contributed by atoms with van der Waals surface area (Å²) >= 11 is 0. The Labute approximate surface area is 165 Å². The second kappa shape index (κ2) is 7.48. The number of hydrogen-bond acceptors (Lipinski definition) is 3. The summed E-state index contributed by atoms with van der Waals surface area (Å²) in [6.07, 6.45) is -3.35. The summed E-state index contributed by atoms with van der Waals surface area (Å²) in [5.74, 6) is -0.972. The highest BCUT2D eigenvalue weighted by molar-refractivity contribution is 5.78. The first-order chi connectivity index (χ1) is 13.8. The predicted octanol–water partition coefficient (Wildman–Crippen LogP) is 4.89. The van der Waals surface area contributed by atoms with Gasteiger partial charge in [-0.25, -0.2) is 0 Å². The van der Waals surface area contributed by atoms with Crippen molar-refractivity contribution in [3.8, 4) is 0 Å². The lowest BCUT2D eigenvalue weighted by molar-refractivity contribution is -0.143. The number of nitrogens with zero attached hydrogens (tertiary/aromatic N) is 2. The smallest absolute Gasteiger partial charge is 0.416 e. The summed E-state index contributed by atoms with van der Waals surface area (Å²) in [5.41, 5.74) is 0.881. The molecule has 1 N–H and O–H groups in total. The number of carboxylic acid groups (broad SMARTS) is 1. The summed E-state index contributed by atoms with van der Waals surface area (Å²) in [4.78, 5) is 18.2. The third-order valence-electron chi connectivity index (χ3n) is 5.34. The maximum absolute atomic E-state index is 13.3. The SMILES string of the molecule is O=C(O)C1CCCN1C(c1cccc(C(F)(F)F)c1)c1ccc2ccccc2n1. The quantitative estimate of drug-likeness (QED) is 0.677. The highest BCUT2D eigenvalue weighted by Crippen LogP contribution is 2.37. The number of likely N-dealkylation sites (tertiary alicyclic amines) is 1. The van der Waals surface area contributed by atoms with E-state index in [1.165, 1.54) is 6.07 Å². The number of aromatic nitrogens is 1. The minimum atomic E-state index is -4.48. The van der Waals surface area contributed by atoms with Gasteiger partial charge in [-0.05, 0) is 42.7 Å². The minimum absolute atomic E-state index is 0.385. The summed E-state index contributed by atoms with van der Waals surface area (Å²) in [6, 6.07) is 14.7. The van der Waals surface area contributed by atoms with Crippen LogP contribution in [0, 0.1) is 0 Å². The topological polar surface area (TPSA) is 53.4 Å². The Bertz CT molecular complexity index is 1050. The first kappa shape index (κ1) is 19.4. The summed E-state index contributed by atoms with van der Waals surface area (Å²) in [6.45, 7) is 0.479. The molecule has 1 saturated heterocycles. The predicted molar refractivity (Wildman–Crippen MR) is 102 cm³/mol. The second-order valence-corrected chi connectivity index (χ2v) is 7.19. The van der Waals surface area contributed by atoms with Crippen molar-refractivity contribution in [3.05, 3.63) is 77.5 Å². The molecule has 2 atom stereocenters. The van der Waals surface area contributed by atoms with Crippen LogP contribution in [0.2, 0.25) is 0 Å². The van der Waals surface area contributed by atoms with Crippen LogP contribution in [-0.4, -0.2) is 33.5 Å². The Balaban J connectivity index is 1.86. The number of halogens is 3. The van der Waals surface area contributed by atoms with Crippen molar-refractivity contribution in [2.24, 2.45) is 0 Å². The molecule has 0 bridgehead atoms. The van der Waals surface area contributed by atoms with Crippen LogP contribution in [0.4, 0.5) is 13.2 Å². The maximum atomic E-state index is 13.3. The molecule has 1 aliphatic heterocycles. The van der Waals surface area contributed by atoms with Gasteiger partial charge in [-0.15, -0.1) is 0 Å². The normalized spacial score (nSPS) is 18.8. The van der Waals surface area contributed by atoms with Gasteiger partial charge in [0.1, 0.15) is 6.04 Å². The molecule has 2 aromatic carbocycles. The van der Waals surface area contributed by atoms with Crippen LogP contribution in [0.3, 0.4) is 0 Å². The molecule has 2 unspecified atom stereocenters. The zero-order valence-corrected chi connectivity index (χ0v) is 15.4. The lowest BCUT2D eigenvalue weighted by atomic mass is 9.97. The summed E-state index contributed by atoms with van der Waals surface area (Å²) in [7, 11) is 0. The Morgan fingerprint density at radius 3 is 2.66 bits per heavy atom. The number of para-hydroxylation sites is 1. The monoisotopic (exact) mass is 400 g/mol. The van der Waals surface area contributed by atoms with Gasteiger partial charge in [0.05, 0.1) is 22.8 Å². The molecular weight excluding hydrogens is 381 g/mol. The number of alkyl halides is 3. The Morgan fingerprint density at radius 2 is 1.90 bits per heavy atom. The number of pyridine rings is 1. The van der Waals surface area contributed by atoms with Crippen LogP contribution in [-0.2, 0) is 11.0 Å². The zero-order chi connectivity index (χ0) is 20.6. The van der Waals surface area contributed by atoms with Gasteiger partial charge in [-0.3, -0.25) is 14.7 Å². The summed E-state index contributed by atoms with van der Waals surface area (Å²) in [5, 5.41) is 10.6. The third-order valence-corrected chi connectivity index (χ3v) is 5.34. The maximum Gasteiger partial charge on any atom is 0.416 e. The van der Waals surface area contributed by atoms with Gasteiger partial charge in [0.25, 0.3) is 0 Å². The van der Waals surface area contributed by atoms with E-state index >= 15 is 0 Å². The van der Waals surface area contributed by atoms with Crippen molar-refractivity contribution >= 4 is 16.9 Å². The Hall–Kier alpha value is -2.93. The van der Waals surface area contributed by atoms with Gasteiger partial charge >= 0.3 is 12.1 Å².